The van der Waals surface area contributed by atoms with E-state index in [2.05, 4.69) is 42.8 Å². The second-order valence-corrected chi connectivity index (χ2v) is 3.18. The number of hydrogen-bond acceptors (Lipinski definition) is 3. The zero-order chi connectivity index (χ0) is 11.5. The molecule has 0 aromatic carbocycles. The monoisotopic (exact) mass is 209 g/mol. The van der Waals surface area contributed by atoms with Crippen molar-refractivity contribution in [3.63, 3.8) is 0 Å². The molecule has 0 spiro atoms. The van der Waals surface area contributed by atoms with E-state index in [1.54, 1.807) is 6.20 Å². The van der Waals surface area contributed by atoms with Gasteiger partial charge in [0.15, 0.2) is 0 Å². The number of nitrogens with zero attached hydrogens (tertiary/aromatic N) is 1. The summed E-state index contributed by atoms with van der Waals surface area (Å²) in [7, 11) is 0. The van der Waals surface area contributed by atoms with Crippen LogP contribution in [0.5, 0.6) is 0 Å². The van der Waals surface area contributed by atoms with Gasteiger partial charge in [0, 0.05) is 25.0 Å². The first kappa shape index (κ1) is 13.8. The third-order valence-electron chi connectivity index (χ3n) is 2.07. The Balaban J connectivity index is 4.27. The first-order valence-electron chi connectivity index (χ1n) is 5.45. The van der Waals surface area contributed by atoms with E-state index in [0.29, 0.717) is 0 Å². The normalized spacial score (nSPS) is 10.9. The fourth-order valence-corrected chi connectivity index (χ4v) is 1.40. The Morgan fingerprint density at radius 1 is 1.33 bits per heavy atom. The van der Waals surface area contributed by atoms with Gasteiger partial charge in [0.25, 0.3) is 0 Å². The number of nitrogens with one attached hydrogen (secondary N) is 2. The van der Waals surface area contributed by atoms with Gasteiger partial charge in [0.2, 0.25) is 0 Å². The third kappa shape index (κ3) is 5.96. The van der Waals surface area contributed by atoms with Crippen molar-refractivity contribution in [3.8, 4) is 0 Å². The summed E-state index contributed by atoms with van der Waals surface area (Å²) in [6.07, 6.45) is 6.64. The highest BCUT2D eigenvalue weighted by Gasteiger charge is 2.04. The Hall–Kier alpha value is -1.22. The second-order valence-electron chi connectivity index (χ2n) is 3.18. The van der Waals surface area contributed by atoms with Crippen LogP contribution in [0.3, 0.4) is 0 Å². The predicted molar refractivity (Wildman–Crippen MR) is 67.2 cm³/mol. The minimum atomic E-state index is 0.770. The Labute approximate surface area is 93.5 Å². The van der Waals surface area contributed by atoms with E-state index in [1.165, 1.54) is 5.70 Å². The molecular formula is C12H23N3. The topological polar surface area (TPSA) is 27.3 Å². The lowest BCUT2D eigenvalue weighted by Crippen LogP contribution is -2.35. The maximum atomic E-state index is 3.73. The predicted octanol–water partition coefficient (Wildman–Crippen LogP) is 2.03. The molecule has 15 heavy (non-hydrogen) atoms. The van der Waals surface area contributed by atoms with Crippen LogP contribution in [0.4, 0.5) is 0 Å². The van der Waals surface area contributed by atoms with Crippen LogP contribution in [-0.4, -0.2) is 24.5 Å². The van der Waals surface area contributed by atoms with Gasteiger partial charge in [-0.3, -0.25) is 0 Å². The molecule has 0 radical (unpaired) electrons. The zero-order valence-electron chi connectivity index (χ0n) is 9.92. The van der Waals surface area contributed by atoms with Crippen LogP contribution in [0.1, 0.15) is 20.3 Å². The number of allylic oxidation sites excluding steroid dienone is 2. The van der Waals surface area contributed by atoms with Crippen molar-refractivity contribution in [2.75, 3.05) is 19.6 Å². The lowest BCUT2D eigenvalue weighted by Gasteiger charge is -2.25. The Morgan fingerprint density at radius 3 is 2.53 bits per heavy atom. The van der Waals surface area contributed by atoms with Crippen LogP contribution in [0, 0.1) is 0 Å². The summed E-state index contributed by atoms with van der Waals surface area (Å²) in [5.41, 5.74) is 7.18. The third-order valence-corrected chi connectivity index (χ3v) is 2.07. The minimum Gasteiger partial charge on any atom is -0.374 e. The van der Waals surface area contributed by atoms with Gasteiger partial charge in [-0.05, 0) is 19.4 Å². The van der Waals surface area contributed by atoms with E-state index in [1.807, 2.05) is 12.2 Å². The molecule has 0 aliphatic carbocycles. The molecule has 0 fully saturated rings. The Morgan fingerprint density at radius 2 is 2.07 bits per heavy atom. The van der Waals surface area contributed by atoms with Gasteiger partial charge in [0.1, 0.15) is 0 Å². The molecule has 0 aliphatic rings. The van der Waals surface area contributed by atoms with Gasteiger partial charge in [-0.1, -0.05) is 26.2 Å². The number of hydrogen-bond donors (Lipinski definition) is 2. The van der Waals surface area contributed by atoms with Gasteiger partial charge in [-0.25, -0.2) is 5.43 Å². The molecule has 0 bridgehead atoms. The standard InChI is InChI=1S/C12H23N3/c1-5-9-12(11-14-13-7-3)15(8-4)10-6-2/h5,7,9,13-14H,1,3,6,8,10-11H2,2,4H3/b12-9-. The van der Waals surface area contributed by atoms with Crippen LogP contribution < -0.4 is 10.9 Å². The van der Waals surface area contributed by atoms with Crippen molar-refractivity contribution in [3.05, 3.63) is 37.2 Å². The highest BCUT2D eigenvalue weighted by molar-refractivity contribution is 5.11. The summed E-state index contributed by atoms with van der Waals surface area (Å²) in [5, 5.41) is 0. The van der Waals surface area contributed by atoms with Crippen molar-refractivity contribution >= 4 is 0 Å². The summed E-state index contributed by atoms with van der Waals surface area (Å²) in [5.74, 6) is 0. The van der Waals surface area contributed by atoms with Crippen molar-refractivity contribution in [1.29, 1.82) is 0 Å². The Bertz CT molecular complexity index is 209. The highest BCUT2D eigenvalue weighted by Crippen LogP contribution is 2.04. The van der Waals surface area contributed by atoms with Gasteiger partial charge in [-0.2, -0.15) is 0 Å². The summed E-state index contributed by atoms with van der Waals surface area (Å²) in [6, 6.07) is 0. The SMILES string of the molecule is C=C/C=C(/CNNC=C)N(CC)CCC. The fraction of sp³-hybridized carbons (Fsp3) is 0.500. The number of rotatable bonds is 9. The van der Waals surface area contributed by atoms with E-state index < -0.39 is 0 Å². The maximum Gasteiger partial charge on any atom is 0.0548 e. The van der Waals surface area contributed by atoms with Gasteiger partial charge >= 0.3 is 0 Å². The van der Waals surface area contributed by atoms with E-state index in [9.17, 15) is 0 Å². The van der Waals surface area contributed by atoms with Crippen LogP contribution in [0.15, 0.2) is 37.2 Å². The Kier molecular flexibility index (Phi) is 8.58. The molecule has 0 unspecified atom stereocenters. The fourth-order valence-electron chi connectivity index (χ4n) is 1.40. The summed E-state index contributed by atoms with van der Waals surface area (Å²) in [4.78, 5) is 2.33. The average Bonchev–Trinajstić information content (AvgIpc) is 2.25. The molecule has 3 heteroatoms. The lowest BCUT2D eigenvalue weighted by atomic mass is 10.3. The molecule has 0 heterocycles. The van der Waals surface area contributed by atoms with Crippen molar-refractivity contribution in [2.45, 2.75) is 20.3 Å². The largest absolute Gasteiger partial charge is 0.374 e. The molecule has 0 rings (SSSR count). The lowest BCUT2D eigenvalue weighted by molar-refractivity contribution is 0.348. The molecule has 0 saturated carbocycles. The molecule has 0 amide bonds. The summed E-state index contributed by atoms with van der Waals surface area (Å²) < 4.78 is 0. The number of hydrazine groups is 1. The van der Waals surface area contributed by atoms with E-state index in [4.69, 9.17) is 0 Å². The van der Waals surface area contributed by atoms with Crippen LogP contribution in [-0.2, 0) is 0 Å². The van der Waals surface area contributed by atoms with Crippen LogP contribution in [0.2, 0.25) is 0 Å². The first-order valence-corrected chi connectivity index (χ1v) is 5.45. The first-order chi connectivity index (χ1) is 7.29. The molecule has 0 aromatic rings. The molecule has 0 aromatic heterocycles. The van der Waals surface area contributed by atoms with E-state index in [0.717, 1.165) is 26.1 Å². The van der Waals surface area contributed by atoms with Gasteiger partial charge < -0.3 is 10.3 Å². The quantitative estimate of drug-likeness (QED) is 0.346. The minimum absolute atomic E-state index is 0.770. The maximum absolute atomic E-state index is 3.73. The van der Waals surface area contributed by atoms with Crippen molar-refractivity contribution in [2.24, 2.45) is 0 Å². The van der Waals surface area contributed by atoms with Gasteiger partial charge in [-0.15, -0.1) is 0 Å². The second kappa shape index (κ2) is 9.34. The molecule has 86 valence electrons. The molecule has 0 aliphatic heterocycles. The van der Waals surface area contributed by atoms with Gasteiger partial charge in [0.05, 0.1) is 6.54 Å². The summed E-state index contributed by atoms with van der Waals surface area (Å²) in [6.45, 7) is 14.5. The zero-order valence-corrected chi connectivity index (χ0v) is 9.92. The van der Waals surface area contributed by atoms with Crippen LogP contribution in [0.25, 0.3) is 0 Å². The molecule has 3 nitrogen and oxygen atoms in total. The van der Waals surface area contributed by atoms with Crippen LogP contribution >= 0.6 is 0 Å². The highest BCUT2D eigenvalue weighted by atomic mass is 15.3. The summed E-state index contributed by atoms with van der Waals surface area (Å²) >= 11 is 0. The van der Waals surface area contributed by atoms with Crippen molar-refractivity contribution < 1.29 is 0 Å². The smallest absolute Gasteiger partial charge is 0.0548 e. The average molecular weight is 209 g/mol. The van der Waals surface area contributed by atoms with Crippen molar-refractivity contribution in [1.82, 2.24) is 15.8 Å². The molecular weight excluding hydrogens is 186 g/mol. The van der Waals surface area contributed by atoms with E-state index >= 15 is 0 Å². The molecule has 2 N–H and O–H groups in total. The van der Waals surface area contributed by atoms with E-state index in [-0.39, 0.29) is 0 Å². The molecule has 0 atom stereocenters. The number of likely N-dealkylation sites (N-methyl/N-ethyl adjacent to an activating group) is 1. The molecule has 0 saturated heterocycles.